The molecule has 0 saturated heterocycles. The second-order valence-electron chi connectivity index (χ2n) is 10.5. The van der Waals surface area contributed by atoms with E-state index < -0.39 is 7.26 Å². The molecule has 206 valence electrons. The molecule has 0 aromatic heterocycles. The Morgan fingerprint density at radius 1 is 0.462 bits per heavy atom. The fraction of sp³-hybridized carbons (Fsp3) is 0.333. The van der Waals surface area contributed by atoms with E-state index in [-0.39, 0.29) is 0 Å². The van der Waals surface area contributed by atoms with Gasteiger partial charge in [-0.2, -0.15) is 0 Å². The molecule has 0 saturated carbocycles. The summed E-state index contributed by atoms with van der Waals surface area (Å²) in [6.45, 7) is 0. The first-order valence-electron chi connectivity index (χ1n) is 14.7. The van der Waals surface area contributed by atoms with Crippen LogP contribution in [0, 0.1) is 0 Å². The van der Waals surface area contributed by atoms with Gasteiger partial charge < -0.3 is 9.47 Å². The molecule has 4 rings (SSSR count). The Morgan fingerprint density at radius 3 is 1.36 bits per heavy atom. The SMILES string of the molecule is COc1ccc(CCCCCCCCCC[PH](c2ccccc2)(c2ccccc2)c2ccccc2)cc1OC. The maximum absolute atomic E-state index is 5.44. The first kappa shape index (κ1) is 28.9. The Hall–Kier alpha value is -3.09. The van der Waals surface area contributed by atoms with Gasteiger partial charge in [-0.1, -0.05) is 0 Å². The first-order chi connectivity index (χ1) is 19.3. The zero-order valence-corrected chi connectivity index (χ0v) is 24.8. The summed E-state index contributed by atoms with van der Waals surface area (Å²) >= 11 is 0. The van der Waals surface area contributed by atoms with Crippen LogP contribution in [-0.4, -0.2) is 20.4 Å². The van der Waals surface area contributed by atoms with Crippen molar-refractivity contribution in [3.8, 4) is 11.5 Å². The Balaban J connectivity index is 1.26. The number of rotatable bonds is 16. The van der Waals surface area contributed by atoms with E-state index in [4.69, 9.17) is 9.47 Å². The number of ether oxygens (including phenoxy) is 2. The molecule has 0 aliphatic heterocycles. The van der Waals surface area contributed by atoms with Crippen LogP contribution >= 0.6 is 7.26 Å². The van der Waals surface area contributed by atoms with E-state index in [0.29, 0.717) is 0 Å². The first-order valence-corrected chi connectivity index (χ1v) is 16.9. The van der Waals surface area contributed by atoms with Crippen molar-refractivity contribution in [3.05, 3.63) is 115 Å². The monoisotopic (exact) mass is 540 g/mol. The minimum absolute atomic E-state index is 0.803. The fourth-order valence-electron chi connectivity index (χ4n) is 5.92. The van der Waals surface area contributed by atoms with Gasteiger partial charge in [0.05, 0.1) is 14.2 Å². The molecule has 2 nitrogen and oxygen atoms in total. The average Bonchev–Trinajstić information content (AvgIpc) is 3.01. The second kappa shape index (κ2) is 15.5. The average molecular weight is 541 g/mol. The standard InChI is InChI=1S/C36H45O2P/c1-37-35-28-27-31(30-36(35)38-2)20-12-7-5-3-4-6-8-19-29-39(32-21-13-9-14-22-32,33-23-15-10-16-24-33)34-25-17-11-18-26-34/h9-11,13-18,21-28,30,39H,3-8,12,19-20,29H2,1-2H3. The predicted molar refractivity (Wildman–Crippen MR) is 172 cm³/mol. The number of aryl methyl sites for hydroxylation is 1. The van der Waals surface area contributed by atoms with E-state index in [0.717, 1.165) is 17.9 Å². The molecule has 4 aromatic carbocycles. The van der Waals surface area contributed by atoms with Crippen molar-refractivity contribution in [1.82, 2.24) is 0 Å². The molecule has 0 bridgehead atoms. The van der Waals surface area contributed by atoms with Crippen molar-refractivity contribution in [1.29, 1.82) is 0 Å². The third kappa shape index (κ3) is 7.74. The number of benzene rings is 4. The van der Waals surface area contributed by atoms with E-state index in [9.17, 15) is 0 Å². The van der Waals surface area contributed by atoms with E-state index in [1.165, 1.54) is 79.0 Å². The Kier molecular flexibility index (Phi) is 11.5. The smallest absolute Gasteiger partial charge is 0.493 e. The van der Waals surface area contributed by atoms with Crippen LogP contribution in [0.1, 0.15) is 56.9 Å². The molecule has 0 N–H and O–H groups in total. The zero-order chi connectivity index (χ0) is 27.2. The minimum Gasteiger partial charge on any atom is -0.493 e. The van der Waals surface area contributed by atoms with Crippen LogP contribution in [-0.2, 0) is 6.42 Å². The molecule has 0 aliphatic rings. The molecular weight excluding hydrogens is 495 g/mol. The van der Waals surface area contributed by atoms with Crippen LogP contribution in [0.5, 0.6) is 11.5 Å². The van der Waals surface area contributed by atoms with Crippen LogP contribution in [0.2, 0.25) is 0 Å². The van der Waals surface area contributed by atoms with Gasteiger partial charge in [-0.3, -0.25) is 0 Å². The third-order valence-electron chi connectivity index (χ3n) is 8.01. The van der Waals surface area contributed by atoms with Crippen LogP contribution in [0.25, 0.3) is 0 Å². The molecule has 0 aliphatic carbocycles. The van der Waals surface area contributed by atoms with E-state index in [1.807, 2.05) is 6.07 Å². The van der Waals surface area contributed by atoms with Crippen LogP contribution in [0.3, 0.4) is 0 Å². The number of unbranched alkanes of at least 4 members (excludes halogenated alkanes) is 7. The van der Waals surface area contributed by atoms with Crippen molar-refractivity contribution in [2.24, 2.45) is 0 Å². The number of hydrogen-bond donors (Lipinski definition) is 0. The molecule has 0 heterocycles. The van der Waals surface area contributed by atoms with Crippen LogP contribution in [0.4, 0.5) is 0 Å². The molecule has 39 heavy (non-hydrogen) atoms. The Labute approximate surface area is 236 Å². The minimum atomic E-state index is -2.07. The molecule has 0 fully saturated rings. The Bertz CT molecular complexity index is 1130. The molecule has 0 radical (unpaired) electrons. The van der Waals surface area contributed by atoms with Gasteiger partial charge in [-0.25, -0.2) is 0 Å². The van der Waals surface area contributed by atoms with Gasteiger partial charge >= 0.3 is 196 Å². The number of hydrogen-bond acceptors (Lipinski definition) is 2. The summed E-state index contributed by atoms with van der Waals surface area (Å²) in [4.78, 5) is 0. The normalized spacial score (nSPS) is 11.7. The van der Waals surface area contributed by atoms with Crippen molar-refractivity contribution < 1.29 is 9.47 Å². The van der Waals surface area contributed by atoms with Crippen molar-refractivity contribution in [2.45, 2.75) is 57.8 Å². The van der Waals surface area contributed by atoms with Crippen LogP contribution in [0.15, 0.2) is 109 Å². The van der Waals surface area contributed by atoms with Gasteiger partial charge in [0.25, 0.3) is 0 Å². The molecular formula is C36H45O2P. The van der Waals surface area contributed by atoms with Crippen molar-refractivity contribution >= 4 is 23.2 Å². The summed E-state index contributed by atoms with van der Waals surface area (Å²) in [5, 5.41) is 4.57. The van der Waals surface area contributed by atoms with Crippen LogP contribution < -0.4 is 25.4 Å². The Morgan fingerprint density at radius 2 is 0.897 bits per heavy atom. The van der Waals surface area contributed by atoms with Gasteiger partial charge in [0.2, 0.25) is 0 Å². The van der Waals surface area contributed by atoms with E-state index >= 15 is 0 Å². The topological polar surface area (TPSA) is 18.5 Å². The molecule has 3 heteroatoms. The number of methoxy groups -OCH3 is 2. The summed E-state index contributed by atoms with van der Waals surface area (Å²) in [6, 6.07) is 40.2. The third-order valence-corrected chi connectivity index (χ3v) is 13.1. The molecule has 0 amide bonds. The van der Waals surface area contributed by atoms with Gasteiger partial charge in [0.1, 0.15) is 0 Å². The van der Waals surface area contributed by atoms with Gasteiger partial charge in [0, 0.05) is 0 Å². The van der Waals surface area contributed by atoms with Crippen molar-refractivity contribution in [2.75, 3.05) is 20.4 Å². The molecule has 0 unspecified atom stereocenters. The summed E-state index contributed by atoms with van der Waals surface area (Å²) < 4.78 is 10.8. The van der Waals surface area contributed by atoms with Crippen molar-refractivity contribution in [3.63, 3.8) is 0 Å². The summed E-state index contributed by atoms with van der Waals surface area (Å²) in [7, 11) is 1.32. The van der Waals surface area contributed by atoms with Gasteiger partial charge in [-0.05, 0) is 6.07 Å². The van der Waals surface area contributed by atoms with E-state index in [2.05, 4.69) is 103 Å². The van der Waals surface area contributed by atoms with E-state index in [1.54, 1.807) is 14.2 Å². The predicted octanol–water partition coefficient (Wildman–Crippen LogP) is 8.09. The zero-order valence-electron chi connectivity index (χ0n) is 23.8. The summed E-state index contributed by atoms with van der Waals surface area (Å²) in [5.74, 6) is 1.63. The quantitative estimate of drug-likeness (QED) is 0.106. The molecule has 4 aromatic rings. The summed E-state index contributed by atoms with van der Waals surface area (Å²) in [5.41, 5.74) is 1.33. The fourth-order valence-corrected chi connectivity index (χ4v) is 10.8. The van der Waals surface area contributed by atoms with Gasteiger partial charge in [-0.15, -0.1) is 0 Å². The molecule has 0 atom stereocenters. The molecule has 0 spiro atoms. The maximum atomic E-state index is 5.44. The summed E-state index contributed by atoms with van der Waals surface area (Å²) in [6.07, 6.45) is 12.8. The second-order valence-corrected chi connectivity index (χ2v) is 14.6. The van der Waals surface area contributed by atoms with Gasteiger partial charge in [0.15, 0.2) is 11.5 Å².